The molecule has 1 aliphatic carbocycles. The predicted octanol–water partition coefficient (Wildman–Crippen LogP) is 3.15. The van der Waals surface area contributed by atoms with Gasteiger partial charge in [-0.3, -0.25) is 19.3 Å². The summed E-state index contributed by atoms with van der Waals surface area (Å²) < 4.78 is 0. The molecule has 1 saturated heterocycles. The second-order valence-corrected chi connectivity index (χ2v) is 7.43. The molecule has 5 nitrogen and oxygen atoms in total. The first-order chi connectivity index (χ1) is 11.5. The summed E-state index contributed by atoms with van der Waals surface area (Å²) >= 11 is 6.74. The fraction of sp³-hybridized carbons (Fsp3) is 0.353. The van der Waals surface area contributed by atoms with Crippen LogP contribution in [-0.2, 0) is 9.59 Å². The fourth-order valence-electron chi connectivity index (χ4n) is 2.51. The minimum atomic E-state index is -0.325. The maximum Gasteiger partial charge on any atom is 0.293 e. The van der Waals surface area contributed by atoms with Gasteiger partial charge in [0.1, 0.15) is 0 Å². The third-order valence-electron chi connectivity index (χ3n) is 4.12. The maximum absolute atomic E-state index is 12.3. The number of halogens is 1. The van der Waals surface area contributed by atoms with Crippen LogP contribution in [0.15, 0.2) is 29.2 Å². The number of nitrogens with zero attached hydrogens (tertiary/aromatic N) is 1. The largest absolute Gasteiger partial charge is 0.354 e. The van der Waals surface area contributed by atoms with Crippen molar-refractivity contribution in [2.45, 2.75) is 13.3 Å². The summed E-state index contributed by atoms with van der Waals surface area (Å²) in [7, 11) is 0. The molecule has 3 rings (SSSR count). The summed E-state index contributed by atoms with van der Waals surface area (Å²) in [6.07, 6.45) is 2.59. The first-order valence-corrected chi connectivity index (χ1v) is 8.94. The number of nitrogens with one attached hydrogen (secondary N) is 1. The van der Waals surface area contributed by atoms with Crippen molar-refractivity contribution in [3.05, 3.63) is 39.8 Å². The Morgan fingerprint density at radius 3 is 2.67 bits per heavy atom. The van der Waals surface area contributed by atoms with Gasteiger partial charge in [-0.1, -0.05) is 30.7 Å². The van der Waals surface area contributed by atoms with Crippen LogP contribution < -0.4 is 5.32 Å². The highest BCUT2D eigenvalue weighted by atomic mass is 35.5. The van der Waals surface area contributed by atoms with Gasteiger partial charge in [0.15, 0.2) is 0 Å². The SMILES string of the molecule is CC1CC1C(=O)NCCN1C(=O)S/C(=C/c2ccc(Cl)cc2)C1=O. The molecule has 1 heterocycles. The molecule has 1 saturated carbocycles. The Bertz CT molecular complexity index is 717. The van der Waals surface area contributed by atoms with Crippen LogP contribution in [-0.4, -0.2) is 35.0 Å². The summed E-state index contributed by atoms with van der Waals surface area (Å²) in [5, 5.41) is 3.09. The van der Waals surface area contributed by atoms with Crippen molar-refractivity contribution in [1.29, 1.82) is 0 Å². The first kappa shape index (κ1) is 17.0. The molecule has 2 unspecified atom stereocenters. The van der Waals surface area contributed by atoms with E-state index in [4.69, 9.17) is 11.6 Å². The third kappa shape index (κ3) is 3.82. The molecule has 1 aliphatic heterocycles. The molecule has 0 radical (unpaired) electrons. The van der Waals surface area contributed by atoms with E-state index in [1.807, 2.05) is 6.92 Å². The van der Waals surface area contributed by atoms with Crippen LogP contribution in [0.5, 0.6) is 0 Å². The number of imide groups is 1. The smallest absolute Gasteiger partial charge is 0.293 e. The summed E-state index contributed by atoms with van der Waals surface area (Å²) in [4.78, 5) is 37.7. The van der Waals surface area contributed by atoms with Gasteiger partial charge in [0.25, 0.3) is 11.1 Å². The number of hydrogen-bond donors (Lipinski definition) is 1. The fourth-order valence-corrected chi connectivity index (χ4v) is 3.50. The van der Waals surface area contributed by atoms with Gasteiger partial charge in [-0.05, 0) is 47.9 Å². The molecule has 2 fully saturated rings. The van der Waals surface area contributed by atoms with E-state index in [1.54, 1.807) is 30.3 Å². The summed E-state index contributed by atoms with van der Waals surface area (Å²) in [5.74, 6) is 0.203. The zero-order chi connectivity index (χ0) is 17.3. The number of rotatable bonds is 5. The number of amides is 3. The Kier molecular flexibility index (Phi) is 4.96. The van der Waals surface area contributed by atoms with Gasteiger partial charge in [-0.25, -0.2) is 0 Å². The lowest BCUT2D eigenvalue weighted by atomic mass is 10.2. The van der Waals surface area contributed by atoms with Crippen molar-refractivity contribution < 1.29 is 14.4 Å². The molecular weight excluding hydrogens is 348 g/mol. The molecule has 24 heavy (non-hydrogen) atoms. The number of carbonyl (C=O) groups is 3. The standard InChI is InChI=1S/C17H17ClN2O3S/c1-10-8-13(10)15(21)19-6-7-20-16(22)14(24-17(20)23)9-11-2-4-12(18)5-3-11/h2-5,9-10,13H,6-8H2,1H3,(H,19,21)/b14-9+. The molecule has 0 bridgehead atoms. The Labute approximate surface area is 149 Å². The highest BCUT2D eigenvalue weighted by molar-refractivity contribution is 8.18. The van der Waals surface area contributed by atoms with E-state index in [0.717, 1.165) is 23.7 Å². The Hall–Kier alpha value is -1.79. The lowest BCUT2D eigenvalue weighted by Gasteiger charge is -2.12. The van der Waals surface area contributed by atoms with E-state index in [-0.39, 0.29) is 36.1 Å². The van der Waals surface area contributed by atoms with Crippen molar-refractivity contribution in [3.63, 3.8) is 0 Å². The minimum Gasteiger partial charge on any atom is -0.354 e. The van der Waals surface area contributed by atoms with Gasteiger partial charge >= 0.3 is 0 Å². The quantitative estimate of drug-likeness (QED) is 0.815. The molecule has 1 aromatic rings. The predicted molar refractivity (Wildman–Crippen MR) is 94.4 cm³/mol. The molecule has 1 aromatic carbocycles. The van der Waals surface area contributed by atoms with Crippen molar-refractivity contribution in [1.82, 2.24) is 10.2 Å². The van der Waals surface area contributed by atoms with Crippen molar-refractivity contribution in [2.24, 2.45) is 11.8 Å². The molecule has 1 N–H and O–H groups in total. The normalized spacial score (nSPS) is 24.6. The van der Waals surface area contributed by atoms with E-state index < -0.39 is 0 Å². The van der Waals surface area contributed by atoms with E-state index in [2.05, 4.69) is 5.32 Å². The topological polar surface area (TPSA) is 66.5 Å². The zero-order valence-electron chi connectivity index (χ0n) is 13.1. The Morgan fingerprint density at radius 1 is 1.38 bits per heavy atom. The summed E-state index contributed by atoms with van der Waals surface area (Å²) in [6.45, 7) is 2.51. The highest BCUT2D eigenvalue weighted by Crippen LogP contribution is 2.37. The number of thioether (sulfide) groups is 1. The van der Waals surface area contributed by atoms with Gasteiger partial charge in [0.05, 0.1) is 4.91 Å². The van der Waals surface area contributed by atoms with Crippen LogP contribution in [0, 0.1) is 11.8 Å². The zero-order valence-corrected chi connectivity index (χ0v) is 14.7. The second kappa shape index (κ2) is 6.99. The molecule has 0 spiro atoms. The average molecular weight is 365 g/mol. The van der Waals surface area contributed by atoms with Gasteiger partial charge in [0.2, 0.25) is 5.91 Å². The van der Waals surface area contributed by atoms with Crippen LogP contribution in [0.2, 0.25) is 5.02 Å². The molecule has 2 aliphatic rings. The minimum absolute atomic E-state index is 0.00572. The van der Waals surface area contributed by atoms with Crippen LogP contribution in [0.4, 0.5) is 4.79 Å². The average Bonchev–Trinajstić information content (AvgIpc) is 3.22. The number of benzene rings is 1. The van der Waals surface area contributed by atoms with Gasteiger partial charge in [-0.15, -0.1) is 0 Å². The van der Waals surface area contributed by atoms with Crippen molar-refractivity contribution in [3.8, 4) is 0 Å². The Morgan fingerprint density at radius 2 is 2.04 bits per heavy atom. The van der Waals surface area contributed by atoms with E-state index in [9.17, 15) is 14.4 Å². The van der Waals surface area contributed by atoms with Crippen LogP contribution in [0.25, 0.3) is 6.08 Å². The first-order valence-electron chi connectivity index (χ1n) is 7.74. The van der Waals surface area contributed by atoms with E-state index in [0.29, 0.717) is 15.8 Å². The Balaban J connectivity index is 1.57. The summed E-state index contributed by atoms with van der Waals surface area (Å²) in [5.41, 5.74) is 0.806. The maximum atomic E-state index is 12.3. The molecule has 3 amide bonds. The third-order valence-corrected chi connectivity index (χ3v) is 5.28. The van der Waals surface area contributed by atoms with Gasteiger partial charge in [-0.2, -0.15) is 0 Å². The molecule has 126 valence electrons. The molecule has 7 heteroatoms. The van der Waals surface area contributed by atoms with Crippen LogP contribution in [0.1, 0.15) is 18.9 Å². The highest BCUT2D eigenvalue weighted by Gasteiger charge is 2.39. The van der Waals surface area contributed by atoms with E-state index in [1.165, 1.54) is 4.90 Å². The lowest BCUT2D eigenvalue weighted by Crippen LogP contribution is -2.37. The van der Waals surface area contributed by atoms with E-state index >= 15 is 0 Å². The second-order valence-electron chi connectivity index (χ2n) is 6.00. The molecule has 2 atom stereocenters. The lowest BCUT2D eigenvalue weighted by molar-refractivity contribution is -0.125. The van der Waals surface area contributed by atoms with Crippen molar-refractivity contribution >= 4 is 46.5 Å². The van der Waals surface area contributed by atoms with Gasteiger partial charge < -0.3 is 5.32 Å². The monoisotopic (exact) mass is 364 g/mol. The van der Waals surface area contributed by atoms with Crippen molar-refractivity contribution in [2.75, 3.05) is 13.1 Å². The number of hydrogen-bond acceptors (Lipinski definition) is 4. The van der Waals surface area contributed by atoms with Crippen LogP contribution >= 0.6 is 23.4 Å². The van der Waals surface area contributed by atoms with Crippen LogP contribution in [0.3, 0.4) is 0 Å². The number of carbonyl (C=O) groups excluding carboxylic acids is 3. The van der Waals surface area contributed by atoms with Gasteiger partial charge in [0, 0.05) is 24.0 Å². The molecule has 0 aromatic heterocycles. The summed E-state index contributed by atoms with van der Waals surface area (Å²) in [6, 6.07) is 7.03. The molecular formula is C17H17ClN2O3S.